The zero-order valence-corrected chi connectivity index (χ0v) is 14.0. The Balaban J connectivity index is 2.15. The molecule has 120 valence electrons. The van der Waals surface area contributed by atoms with Crippen LogP contribution in [0.4, 0.5) is 5.69 Å². The zero-order chi connectivity index (χ0) is 16.6. The second-order valence-electron chi connectivity index (χ2n) is 4.98. The van der Waals surface area contributed by atoms with Crippen LogP contribution < -0.4 is 9.50 Å². The first-order valence-corrected chi connectivity index (χ1v) is 8.90. The summed E-state index contributed by atoms with van der Waals surface area (Å²) in [5.41, 5.74) is 4.49. The number of rotatable bonds is 4. The van der Waals surface area contributed by atoms with Gasteiger partial charge in [-0.2, -0.15) is 8.42 Å². The lowest BCUT2D eigenvalue weighted by atomic mass is 10.0. The summed E-state index contributed by atoms with van der Waals surface area (Å²) in [6, 6.07) is 11.7. The van der Waals surface area contributed by atoms with Crippen LogP contribution in [-0.2, 0) is 10.4 Å². The van der Waals surface area contributed by atoms with Gasteiger partial charge in [0.05, 0.1) is 10.2 Å². The van der Waals surface area contributed by atoms with E-state index in [1.165, 1.54) is 0 Å². The third kappa shape index (κ3) is 3.44. The molecule has 2 aromatic carbocycles. The highest BCUT2D eigenvalue weighted by Crippen LogP contribution is 2.36. The molecule has 0 amide bonds. The van der Waals surface area contributed by atoms with Crippen LogP contribution >= 0.6 is 11.3 Å². The number of benzene rings is 2. The number of aryl methyl sites for hydroxylation is 1. The highest BCUT2D eigenvalue weighted by molar-refractivity contribution is 7.81. The molecule has 23 heavy (non-hydrogen) atoms. The topological polar surface area (TPSA) is 88.5 Å². The van der Waals surface area contributed by atoms with Gasteiger partial charge in [-0.1, -0.05) is 23.5 Å². The average Bonchev–Trinajstić information content (AvgIpc) is 2.86. The minimum Gasteiger partial charge on any atom is -0.388 e. The van der Waals surface area contributed by atoms with Crippen molar-refractivity contribution >= 4 is 37.6 Å². The van der Waals surface area contributed by atoms with Crippen LogP contribution in [0.2, 0.25) is 0 Å². The Morgan fingerprint density at radius 1 is 1.22 bits per heavy atom. The number of thiazole rings is 1. The molecule has 0 aliphatic rings. The van der Waals surface area contributed by atoms with Crippen molar-refractivity contribution < 1.29 is 17.2 Å². The predicted molar refractivity (Wildman–Crippen MR) is 91.5 cm³/mol. The quantitative estimate of drug-likeness (QED) is 0.700. The number of hydrogen-bond donors (Lipinski definition) is 2. The number of anilines is 1. The van der Waals surface area contributed by atoms with Crippen molar-refractivity contribution in [3.05, 3.63) is 42.0 Å². The summed E-state index contributed by atoms with van der Waals surface area (Å²) in [5, 5.41) is 2.95. The molecule has 6 nitrogen and oxygen atoms in total. The summed E-state index contributed by atoms with van der Waals surface area (Å²) >= 11 is 1.07. The molecule has 0 fully saturated rings. The van der Waals surface area contributed by atoms with Gasteiger partial charge in [0.2, 0.25) is 0 Å². The predicted octanol–water partition coefficient (Wildman–Crippen LogP) is 3.50. The van der Waals surface area contributed by atoms with Gasteiger partial charge in [-0.15, -0.1) is 0 Å². The molecule has 0 unspecified atom stereocenters. The van der Waals surface area contributed by atoms with Gasteiger partial charge in [0.25, 0.3) is 5.19 Å². The number of aromatic nitrogens is 1. The highest BCUT2D eigenvalue weighted by atomic mass is 32.3. The van der Waals surface area contributed by atoms with Crippen LogP contribution in [0.25, 0.3) is 21.3 Å². The lowest BCUT2D eigenvalue weighted by Crippen LogP contribution is -2.06. The third-order valence-electron chi connectivity index (χ3n) is 3.28. The number of hydrogen-bond acceptors (Lipinski definition) is 6. The summed E-state index contributed by atoms with van der Waals surface area (Å²) in [5.74, 6) is 0. The molecular weight excluding hydrogens is 336 g/mol. The molecular formula is C15H14N2O4S2. The lowest BCUT2D eigenvalue weighted by molar-refractivity contribution is 0.386. The first kappa shape index (κ1) is 15.7. The van der Waals surface area contributed by atoms with E-state index in [1.807, 2.05) is 50.4 Å². The second-order valence-corrected chi connectivity index (χ2v) is 6.99. The van der Waals surface area contributed by atoms with Crippen molar-refractivity contribution in [3.8, 4) is 16.3 Å². The normalized spacial score (nSPS) is 11.6. The Bertz CT molecular complexity index is 963. The fraction of sp³-hybridized carbons (Fsp3) is 0.133. The van der Waals surface area contributed by atoms with Crippen LogP contribution in [0.3, 0.4) is 0 Å². The van der Waals surface area contributed by atoms with E-state index in [9.17, 15) is 8.42 Å². The standard InChI is InChI=1S/C15H14N2O4S2/c1-9-7-12(10-3-5-11(16-2)6-4-10)14-13(8-9)22-15(17-14)21-23(18,19)20/h3-8,16H,1-2H3,(H,18,19,20). The van der Waals surface area contributed by atoms with Gasteiger partial charge in [-0.05, 0) is 42.3 Å². The van der Waals surface area contributed by atoms with Crippen LogP contribution in [0.1, 0.15) is 5.56 Å². The summed E-state index contributed by atoms with van der Waals surface area (Å²) in [4.78, 5) is 4.20. The second kappa shape index (κ2) is 5.80. The first-order valence-electron chi connectivity index (χ1n) is 6.72. The Labute approximate surface area is 137 Å². The molecule has 0 aliphatic heterocycles. The largest absolute Gasteiger partial charge is 0.448 e. The van der Waals surface area contributed by atoms with E-state index in [4.69, 9.17) is 4.55 Å². The van der Waals surface area contributed by atoms with E-state index in [1.54, 1.807) is 0 Å². The molecule has 0 bridgehead atoms. The first-order chi connectivity index (χ1) is 10.9. The molecule has 0 saturated carbocycles. The molecule has 3 rings (SSSR count). The van der Waals surface area contributed by atoms with Gasteiger partial charge >= 0.3 is 10.4 Å². The van der Waals surface area contributed by atoms with Crippen molar-refractivity contribution in [2.45, 2.75) is 6.92 Å². The molecule has 0 aliphatic carbocycles. The Kier molecular flexibility index (Phi) is 3.97. The van der Waals surface area contributed by atoms with Gasteiger partial charge in [0, 0.05) is 18.3 Å². The number of fused-ring (bicyclic) bond motifs is 1. The minimum atomic E-state index is -4.58. The number of nitrogens with one attached hydrogen (secondary N) is 1. The Hall–Kier alpha value is -2.16. The third-order valence-corrected chi connectivity index (χ3v) is 4.64. The van der Waals surface area contributed by atoms with Gasteiger partial charge in [-0.3, -0.25) is 4.55 Å². The van der Waals surface area contributed by atoms with E-state index < -0.39 is 10.4 Å². The average molecular weight is 350 g/mol. The fourth-order valence-electron chi connectivity index (χ4n) is 2.31. The highest BCUT2D eigenvalue weighted by Gasteiger charge is 2.15. The van der Waals surface area contributed by atoms with Crippen LogP contribution in [-0.4, -0.2) is 25.0 Å². The molecule has 3 aromatic rings. The smallest absolute Gasteiger partial charge is 0.388 e. The Morgan fingerprint density at radius 2 is 1.91 bits per heavy atom. The maximum atomic E-state index is 10.9. The van der Waals surface area contributed by atoms with E-state index in [0.717, 1.165) is 38.4 Å². The molecule has 0 spiro atoms. The minimum absolute atomic E-state index is 0.110. The van der Waals surface area contributed by atoms with Crippen molar-refractivity contribution in [1.29, 1.82) is 0 Å². The van der Waals surface area contributed by atoms with Gasteiger partial charge in [-0.25, -0.2) is 4.98 Å². The maximum Gasteiger partial charge on any atom is 0.448 e. The van der Waals surface area contributed by atoms with E-state index >= 15 is 0 Å². The van der Waals surface area contributed by atoms with E-state index in [-0.39, 0.29) is 5.19 Å². The van der Waals surface area contributed by atoms with E-state index in [2.05, 4.69) is 14.5 Å². The van der Waals surface area contributed by atoms with Gasteiger partial charge < -0.3 is 9.50 Å². The van der Waals surface area contributed by atoms with Crippen molar-refractivity contribution in [2.24, 2.45) is 0 Å². The molecule has 0 saturated heterocycles. The summed E-state index contributed by atoms with van der Waals surface area (Å²) in [6.07, 6.45) is 0. The molecule has 2 N–H and O–H groups in total. The molecule has 0 radical (unpaired) electrons. The van der Waals surface area contributed by atoms with Crippen molar-refractivity contribution in [3.63, 3.8) is 0 Å². The van der Waals surface area contributed by atoms with E-state index in [0.29, 0.717) is 5.52 Å². The SMILES string of the molecule is CNc1ccc(-c2cc(C)cc3sc(OS(=O)(=O)O)nc23)cc1. The summed E-state index contributed by atoms with van der Waals surface area (Å²) in [6.45, 7) is 1.95. The monoisotopic (exact) mass is 350 g/mol. The van der Waals surface area contributed by atoms with Crippen molar-refractivity contribution in [2.75, 3.05) is 12.4 Å². The van der Waals surface area contributed by atoms with Crippen LogP contribution in [0.15, 0.2) is 36.4 Å². The fourth-order valence-corrected chi connectivity index (χ4v) is 3.74. The van der Waals surface area contributed by atoms with Crippen LogP contribution in [0.5, 0.6) is 5.19 Å². The van der Waals surface area contributed by atoms with Gasteiger partial charge in [0.1, 0.15) is 0 Å². The van der Waals surface area contributed by atoms with Crippen LogP contribution in [0, 0.1) is 6.92 Å². The maximum absolute atomic E-state index is 10.9. The molecule has 1 heterocycles. The van der Waals surface area contributed by atoms with Gasteiger partial charge in [0.15, 0.2) is 0 Å². The summed E-state index contributed by atoms with van der Waals surface area (Å²) in [7, 11) is -2.74. The number of nitrogens with zero attached hydrogens (tertiary/aromatic N) is 1. The lowest BCUT2D eigenvalue weighted by Gasteiger charge is -2.06. The zero-order valence-electron chi connectivity index (χ0n) is 12.4. The Morgan fingerprint density at radius 3 is 2.52 bits per heavy atom. The van der Waals surface area contributed by atoms with Crippen molar-refractivity contribution in [1.82, 2.24) is 4.98 Å². The molecule has 8 heteroatoms. The molecule has 0 atom stereocenters. The summed E-state index contributed by atoms with van der Waals surface area (Å²) < 4.78 is 35.8. The molecule has 1 aromatic heterocycles.